The van der Waals surface area contributed by atoms with E-state index in [0.717, 1.165) is 32.5 Å². The van der Waals surface area contributed by atoms with Crippen LogP contribution in [0.3, 0.4) is 0 Å². The second-order valence-electron chi connectivity index (χ2n) is 6.15. The van der Waals surface area contributed by atoms with Gasteiger partial charge in [-0.3, -0.25) is 0 Å². The highest BCUT2D eigenvalue weighted by atomic mass is 32.2. The van der Waals surface area contributed by atoms with Crippen LogP contribution in [-0.4, -0.2) is 68.8 Å². The zero-order valence-electron chi connectivity index (χ0n) is 13.1. The van der Waals surface area contributed by atoms with Gasteiger partial charge in [0, 0.05) is 32.2 Å². The van der Waals surface area contributed by atoms with Gasteiger partial charge in [0.05, 0.1) is 10.6 Å². The van der Waals surface area contributed by atoms with Crippen LogP contribution >= 0.6 is 0 Å². The van der Waals surface area contributed by atoms with E-state index >= 15 is 0 Å². The van der Waals surface area contributed by atoms with Gasteiger partial charge in [-0.2, -0.15) is 0 Å². The molecule has 2 fully saturated rings. The van der Waals surface area contributed by atoms with Crippen molar-refractivity contribution in [3.63, 3.8) is 0 Å². The van der Waals surface area contributed by atoms with Gasteiger partial charge in [0.2, 0.25) is 0 Å². The molecule has 23 heavy (non-hydrogen) atoms. The molecule has 0 spiro atoms. The number of hydrogen-bond donors (Lipinski definition) is 1. The summed E-state index contributed by atoms with van der Waals surface area (Å²) in [5, 5.41) is 2.83. The lowest BCUT2D eigenvalue weighted by Gasteiger charge is -2.36. The molecule has 2 aliphatic heterocycles. The number of likely N-dealkylation sites (tertiary alicyclic amines) is 1. The third-order valence-electron chi connectivity index (χ3n) is 4.59. The zero-order valence-corrected chi connectivity index (χ0v) is 14.0. The molecule has 1 aromatic rings. The van der Waals surface area contributed by atoms with Gasteiger partial charge < -0.3 is 15.1 Å². The van der Waals surface area contributed by atoms with Crippen molar-refractivity contribution in [3.05, 3.63) is 30.3 Å². The summed E-state index contributed by atoms with van der Waals surface area (Å²) in [7, 11) is -3.24. The first kappa shape index (κ1) is 16.3. The third kappa shape index (κ3) is 3.84. The minimum Gasteiger partial charge on any atom is -0.336 e. The number of rotatable bonds is 5. The van der Waals surface area contributed by atoms with Crippen LogP contribution in [0.25, 0.3) is 0 Å². The summed E-state index contributed by atoms with van der Waals surface area (Å²) in [6.07, 6.45) is 2.00. The molecule has 1 atom stereocenters. The Bertz CT molecular complexity index is 648. The maximum atomic E-state index is 12.4. The molecule has 0 radical (unpaired) electrons. The van der Waals surface area contributed by atoms with E-state index in [0.29, 0.717) is 18.0 Å². The molecule has 3 rings (SSSR count). The van der Waals surface area contributed by atoms with Gasteiger partial charge in [0.1, 0.15) is 0 Å². The van der Waals surface area contributed by atoms with E-state index in [2.05, 4.69) is 10.2 Å². The van der Waals surface area contributed by atoms with Crippen LogP contribution in [0.1, 0.15) is 12.8 Å². The van der Waals surface area contributed by atoms with Crippen LogP contribution in [0.2, 0.25) is 0 Å². The van der Waals surface area contributed by atoms with Crippen molar-refractivity contribution in [2.45, 2.75) is 23.8 Å². The highest BCUT2D eigenvalue weighted by Crippen LogP contribution is 2.18. The topological polar surface area (TPSA) is 69.7 Å². The molecule has 1 aromatic carbocycles. The average Bonchev–Trinajstić information content (AvgIpc) is 3.00. The van der Waals surface area contributed by atoms with Crippen LogP contribution in [0.4, 0.5) is 4.79 Å². The Morgan fingerprint density at radius 3 is 2.65 bits per heavy atom. The van der Waals surface area contributed by atoms with Crippen molar-refractivity contribution in [1.29, 1.82) is 0 Å². The molecule has 0 saturated carbocycles. The van der Waals surface area contributed by atoms with Crippen LogP contribution in [0, 0.1) is 0 Å². The lowest BCUT2D eigenvalue weighted by atomic mass is 10.0. The fourth-order valence-corrected chi connectivity index (χ4v) is 4.62. The van der Waals surface area contributed by atoms with E-state index in [9.17, 15) is 13.2 Å². The SMILES string of the molecule is O=C1NCCN1C1CCCN(CCS(=O)(=O)c2ccccc2)C1. The lowest BCUT2D eigenvalue weighted by molar-refractivity contribution is 0.130. The van der Waals surface area contributed by atoms with Crippen LogP contribution in [0.15, 0.2) is 35.2 Å². The molecule has 2 heterocycles. The van der Waals surface area contributed by atoms with Crippen LogP contribution in [0.5, 0.6) is 0 Å². The number of hydrogen-bond acceptors (Lipinski definition) is 4. The summed E-state index contributed by atoms with van der Waals surface area (Å²) in [5.74, 6) is 0.121. The molecule has 0 bridgehead atoms. The van der Waals surface area contributed by atoms with E-state index in [1.54, 1.807) is 24.3 Å². The molecular formula is C16H23N3O3S. The van der Waals surface area contributed by atoms with E-state index in [4.69, 9.17) is 0 Å². The summed E-state index contributed by atoms with van der Waals surface area (Å²) in [6.45, 7) is 3.63. The third-order valence-corrected chi connectivity index (χ3v) is 6.30. The van der Waals surface area contributed by atoms with E-state index in [1.165, 1.54) is 0 Å². The minimum absolute atomic E-state index is 0.00811. The Balaban J connectivity index is 1.57. The van der Waals surface area contributed by atoms with Crippen molar-refractivity contribution in [2.24, 2.45) is 0 Å². The highest BCUT2D eigenvalue weighted by Gasteiger charge is 2.31. The normalized spacial score (nSPS) is 23.0. The molecule has 1 unspecified atom stereocenters. The molecule has 2 aliphatic rings. The number of carbonyl (C=O) groups excluding carboxylic acids is 1. The number of urea groups is 1. The summed E-state index contributed by atoms with van der Waals surface area (Å²) < 4.78 is 24.7. The maximum Gasteiger partial charge on any atom is 0.317 e. The second kappa shape index (κ2) is 6.88. The Hall–Kier alpha value is -1.60. The summed E-state index contributed by atoms with van der Waals surface area (Å²) in [4.78, 5) is 16.2. The van der Waals surface area contributed by atoms with E-state index in [1.807, 2.05) is 11.0 Å². The predicted octanol–water partition coefficient (Wildman–Crippen LogP) is 0.950. The molecule has 2 amide bonds. The smallest absolute Gasteiger partial charge is 0.317 e. The number of benzene rings is 1. The van der Waals surface area contributed by atoms with Crippen molar-refractivity contribution in [3.8, 4) is 0 Å². The summed E-state index contributed by atoms with van der Waals surface area (Å²) in [5.41, 5.74) is 0. The molecule has 6 nitrogen and oxygen atoms in total. The summed E-state index contributed by atoms with van der Waals surface area (Å²) >= 11 is 0. The van der Waals surface area contributed by atoms with E-state index < -0.39 is 9.84 Å². The first-order chi connectivity index (χ1) is 11.1. The average molecular weight is 337 g/mol. The van der Waals surface area contributed by atoms with Crippen molar-refractivity contribution in [2.75, 3.05) is 38.5 Å². The molecule has 7 heteroatoms. The minimum atomic E-state index is -3.24. The van der Waals surface area contributed by atoms with Crippen molar-refractivity contribution < 1.29 is 13.2 Å². The van der Waals surface area contributed by atoms with Gasteiger partial charge in [-0.05, 0) is 31.5 Å². The number of nitrogens with one attached hydrogen (secondary N) is 1. The Morgan fingerprint density at radius 2 is 1.96 bits per heavy atom. The number of nitrogens with zero attached hydrogens (tertiary/aromatic N) is 2. The number of carbonyl (C=O) groups is 1. The Labute approximate surface area is 137 Å². The largest absolute Gasteiger partial charge is 0.336 e. The van der Waals surface area contributed by atoms with Gasteiger partial charge in [-0.15, -0.1) is 0 Å². The maximum absolute atomic E-state index is 12.4. The summed E-state index contributed by atoms with van der Waals surface area (Å²) in [6, 6.07) is 8.80. The number of amides is 2. The first-order valence-corrected chi connectivity index (χ1v) is 9.76. The highest BCUT2D eigenvalue weighted by molar-refractivity contribution is 7.91. The first-order valence-electron chi connectivity index (χ1n) is 8.11. The van der Waals surface area contributed by atoms with Crippen molar-refractivity contribution >= 4 is 15.9 Å². The quantitative estimate of drug-likeness (QED) is 0.868. The Morgan fingerprint density at radius 1 is 1.17 bits per heavy atom. The molecule has 0 aromatic heterocycles. The van der Waals surface area contributed by atoms with Gasteiger partial charge in [0.25, 0.3) is 0 Å². The van der Waals surface area contributed by atoms with E-state index in [-0.39, 0.29) is 17.8 Å². The number of piperidine rings is 1. The van der Waals surface area contributed by atoms with Gasteiger partial charge in [-0.1, -0.05) is 18.2 Å². The molecule has 126 valence electrons. The number of sulfone groups is 1. The lowest BCUT2D eigenvalue weighted by Crippen LogP contribution is -2.49. The molecule has 2 saturated heterocycles. The zero-order chi connectivity index (χ0) is 16.3. The van der Waals surface area contributed by atoms with Crippen LogP contribution in [-0.2, 0) is 9.84 Å². The molecule has 0 aliphatic carbocycles. The van der Waals surface area contributed by atoms with Crippen molar-refractivity contribution in [1.82, 2.24) is 15.1 Å². The fraction of sp³-hybridized carbons (Fsp3) is 0.562. The van der Waals surface area contributed by atoms with Gasteiger partial charge in [0.15, 0.2) is 9.84 Å². The Kier molecular flexibility index (Phi) is 4.87. The van der Waals surface area contributed by atoms with Gasteiger partial charge >= 0.3 is 6.03 Å². The standard InChI is InChI=1S/C16H23N3O3S/c20-16-17-8-10-19(16)14-5-4-9-18(13-14)11-12-23(21,22)15-6-2-1-3-7-15/h1-3,6-7,14H,4-5,8-13H2,(H,17,20). The van der Waals surface area contributed by atoms with Crippen LogP contribution < -0.4 is 5.32 Å². The second-order valence-corrected chi connectivity index (χ2v) is 8.26. The fourth-order valence-electron chi connectivity index (χ4n) is 3.32. The van der Waals surface area contributed by atoms with Gasteiger partial charge in [-0.25, -0.2) is 13.2 Å². The predicted molar refractivity (Wildman–Crippen MR) is 88.1 cm³/mol. The molecular weight excluding hydrogens is 314 g/mol. The molecule has 1 N–H and O–H groups in total. The monoisotopic (exact) mass is 337 g/mol.